The monoisotopic (exact) mass is 261 g/mol. The van der Waals surface area contributed by atoms with Crippen LogP contribution >= 0.6 is 0 Å². The Balaban J connectivity index is 2.38. The van der Waals surface area contributed by atoms with Gasteiger partial charge in [-0.25, -0.2) is 0 Å². The molecule has 0 aliphatic rings. The molecule has 0 bridgehead atoms. The third kappa shape index (κ3) is 2.83. The Morgan fingerprint density at radius 1 is 1.26 bits per heavy atom. The third-order valence-corrected chi connectivity index (χ3v) is 3.01. The lowest BCUT2D eigenvalue weighted by atomic mass is 10.00. The van der Waals surface area contributed by atoms with Crippen LogP contribution in [0.3, 0.4) is 0 Å². The minimum absolute atomic E-state index is 0.366. The van der Waals surface area contributed by atoms with Gasteiger partial charge in [-0.15, -0.1) is 0 Å². The molecule has 1 aromatic heterocycles. The minimum Gasteiger partial charge on any atom is -0.383 e. The van der Waals surface area contributed by atoms with Crippen molar-refractivity contribution in [1.82, 2.24) is 10.1 Å². The highest BCUT2D eigenvalue weighted by Crippen LogP contribution is 2.27. The first-order chi connectivity index (χ1) is 9.02. The number of methoxy groups -OCH3 is 1. The number of nitrogens with two attached hydrogens (primary N) is 1. The average Bonchev–Trinajstić information content (AvgIpc) is 2.77. The maximum Gasteiger partial charge on any atom is 0.258 e. The summed E-state index contributed by atoms with van der Waals surface area (Å²) in [5.41, 5.74) is 10.3. The van der Waals surface area contributed by atoms with Gasteiger partial charge in [0.2, 0.25) is 0 Å². The van der Waals surface area contributed by atoms with Crippen LogP contribution in [0.4, 0.5) is 0 Å². The van der Waals surface area contributed by atoms with Crippen molar-refractivity contribution in [3.8, 4) is 11.5 Å². The fraction of sp³-hybridized carbons (Fsp3) is 0.429. The summed E-state index contributed by atoms with van der Waals surface area (Å²) in [6.07, 6.45) is 0. The lowest BCUT2D eigenvalue weighted by Crippen LogP contribution is -2.17. The molecule has 0 aliphatic heterocycles. The van der Waals surface area contributed by atoms with Crippen molar-refractivity contribution in [2.45, 2.75) is 26.8 Å². The molecular weight excluding hydrogens is 242 g/mol. The van der Waals surface area contributed by atoms with Crippen LogP contribution in [-0.2, 0) is 4.74 Å². The van der Waals surface area contributed by atoms with Crippen LogP contribution in [0.1, 0.15) is 28.6 Å². The van der Waals surface area contributed by atoms with Crippen molar-refractivity contribution in [2.75, 3.05) is 13.7 Å². The van der Waals surface area contributed by atoms with Gasteiger partial charge in [0.1, 0.15) is 0 Å². The number of aromatic nitrogens is 2. The third-order valence-electron chi connectivity index (χ3n) is 3.01. The number of aryl methyl sites for hydroxylation is 3. The van der Waals surface area contributed by atoms with Gasteiger partial charge in [-0.05, 0) is 31.9 Å². The molecule has 0 saturated heterocycles. The fourth-order valence-corrected chi connectivity index (χ4v) is 2.26. The second kappa shape index (κ2) is 5.50. The van der Waals surface area contributed by atoms with E-state index < -0.39 is 0 Å². The summed E-state index contributed by atoms with van der Waals surface area (Å²) in [5.74, 6) is 0.979. The molecule has 5 nitrogen and oxygen atoms in total. The van der Waals surface area contributed by atoms with Crippen LogP contribution in [0.25, 0.3) is 11.5 Å². The van der Waals surface area contributed by atoms with Crippen molar-refractivity contribution in [3.63, 3.8) is 0 Å². The second-order valence-corrected chi connectivity index (χ2v) is 4.79. The number of hydrogen-bond acceptors (Lipinski definition) is 5. The van der Waals surface area contributed by atoms with Crippen molar-refractivity contribution in [3.05, 3.63) is 34.6 Å². The lowest BCUT2D eigenvalue weighted by molar-refractivity contribution is 0.177. The first kappa shape index (κ1) is 13.7. The Morgan fingerprint density at radius 3 is 2.47 bits per heavy atom. The van der Waals surface area contributed by atoms with E-state index in [1.165, 1.54) is 5.56 Å². The molecule has 102 valence electrons. The molecule has 0 aliphatic carbocycles. The summed E-state index contributed by atoms with van der Waals surface area (Å²) >= 11 is 0. The van der Waals surface area contributed by atoms with E-state index in [1.54, 1.807) is 7.11 Å². The van der Waals surface area contributed by atoms with Gasteiger partial charge in [0, 0.05) is 12.7 Å². The smallest absolute Gasteiger partial charge is 0.258 e. The van der Waals surface area contributed by atoms with Crippen molar-refractivity contribution in [1.29, 1.82) is 0 Å². The van der Waals surface area contributed by atoms with E-state index in [1.807, 2.05) is 13.8 Å². The van der Waals surface area contributed by atoms with Crippen LogP contribution < -0.4 is 5.73 Å². The van der Waals surface area contributed by atoms with E-state index in [0.717, 1.165) is 16.7 Å². The Labute approximate surface area is 112 Å². The maximum atomic E-state index is 5.89. The van der Waals surface area contributed by atoms with Gasteiger partial charge in [0.05, 0.1) is 12.6 Å². The molecule has 2 aromatic rings. The average molecular weight is 261 g/mol. The largest absolute Gasteiger partial charge is 0.383 e. The van der Waals surface area contributed by atoms with Crippen LogP contribution in [0.2, 0.25) is 0 Å². The van der Waals surface area contributed by atoms with E-state index in [9.17, 15) is 0 Å². The predicted molar refractivity (Wildman–Crippen MR) is 72.7 cm³/mol. The first-order valence-electron chi connectivity index (χ1n) is 6.19. The SMILES string of the molecule is COCC(N)c1noc(-c2c(C)cc(C)cc2C)n1. The molecule has 0 fully saturated rings. The Bertz CT molecular complexity index is 555. The van der Waals surface area contributed by atoms with Gasteiger partial charge in [-0.1, -0.05) is 22.9 Å². The van der Waals surface area contributed by atoms with Gasteiger partial charge in [-0.2, -0.15) is 4.98 Å². The van der Waals surface area contributed by atoms with Gasteiger partial charge in [0.15, 0.2) is 5.82 Å². The zero-order valence-corrected chi connectivity index (χ0v) is 11.7. The minimum atomic E-state index is -0.367. The molecule has 0 spiro atoms. The molecule has 0 amide bonds. The number of hydrogen-bond donors (Lipinski definition) is 1. The van der Waals surface area contributed by atoms with E-state index in [2.05, 4.69) is 29.2 Å². The summed E-state index contributed by atoms with van der Waals surface area (Å²) in [5, 5.41) is 3.92. The highest BCUT2D eigenvalue weighted by molar-refractivity contribution is 5.63. The summed E-state index contributed by atoms with van der Waals surface area (Å²) in [4.78, 5) is 4.37. The molecule has 5 heteroatoms. The molecule has 0 saturated carbocycles. The molecule has 2 rings (SSSR count). The molecule has 1 unspecified atom stereocenters. The zero-order chi connectivity index (χ0) is 14.0. The molecule has 19 heavy (non-hydrogen) atoms. The number of ether oxygens (including phenoxy) is 1. The molecule has 1 aromatic carbocycles. The second-order valence-electron chi connectivity index (χ2n) is 4.79. The number of rotatable bonds is 4. The molecule has 0 radical (unpaired) electrons. The standard InChI is InChI=1S/C14H19N3O2/c1-8-5-9(2)12(10(3)6-8)14-16-13(17-19-14)11(15)7-18-4/h5-6,11H,7,15H2,1-4H3. The zero-order valence-electron chi connectivity index (χ0n) is 11.7. The maximum absolute atomic E-state index is 5.89. The molecule has 1 atom stereocenters. The summed E-state index contributed by atoms with van der Waals surface area (Å²) in [6.45, 7) is 6.50. The van der Waals surface area contributed by atoms with E-state index in [0.29, 0.717) is 18.3 Å². The van der Waals surface area contributed by atoms with Gasteiger partial charge in [-0.3, -0.25) is 0 Å². The van der Waals surface area contributed by atoms with E-state index in [4.69, 9.17) is 15.0 Å². The van der Waals surface area contributed by atoms with Crippen LogP contribution in [0.15, 0.2) is 16.7 Å². The number of nitrogens with zero attached hydrogens (tertiary/aromatic N) is 2. The van der Waals surface area contributed by atoms with Crippen LogP contribution in [-0.4, -0.2) is 23.9 Å². The predicted octanol–water partition coefficient (Wildman–Crippen LogP) is 2.31. The van der Waals surface area contributed by atoms with Gasteiger partial charge < -0.3 is 15.0 Å². The first-order valence-corrected chi connectivity index (χ1v) is 6.19. The summed E-state index contributed by atoms with van der Waals surface area (Å²) in [6, 6.07) is 3.83. The highest BCUT2D eigenvalue weighted by Gasteiger charge is 2.17. The molecule has 1 heterocycles. The van der Waals surface area contributed by atoms with Crippen molar-refractivity contribution < 1.29 is 9.26 Å². The lowest BCUT2D eigenvalue weighted by Gasteiger charge is -2.07. The summed E-state index contributed by atoms with van der Waals surface area (Å²) < 4.78 is 10.3. The molecular formula is C14H19N3O2. The number of benzene rings is 1. The Hall–Kier alpha value is -1.72. The van der Waals surface area contributed by atoms with Gasteiger partial charge >= 0.3 is 0 Å². The Morgan fingerprint density at radius 2 is 1.89 bits per heavy atom. The quantitative estimate of drug-likeness (QED) is 0.914. The summed E-state index contributed by atoms with van der Waals surface area (Å²) in [7, 11) is 1.59. The van der Waals surface area contributed by atoms with E-state index in [-0.39, 0.29) is 6.04 Å². The van der Waals surface area contributed by atoms with Gasteiger partial charge in [0.25, 0.3) is 5.89 Å². The van der Waals surface area contributed by atoms with Crippen LogP contribution in [0, 0.1) is 20.8 Å². The highest BCUT2D eigenvalue weighted by atomic mass is 16.5. The Kier molecular flexibility index (Phi) is 3.97. The van der Waals surface area contributed by atoms with E-state index >= 15 is 0 Å². The van der Waals surface area contributed by atoms with Crippen LogP contribution in [0.5, 0.6) is 0 Å². The normalized spacial score (nSPS) is 12.7. The van der Waals surface area contributed by atoms with Crippen molar-refractivity contribution in [2.24, 2.45) is 5.73 Å². The molecule has 2 N–H and O–H groups in total. The fourth-order valence-electron chi connectivity index (χ4n) is 2.26. The topological polar surface area (TPSA) is 74.2 Å². The van der Waals surface area contributed by atoms with Crippen molar-refractivity contribution >= 4 is 0 Å².